The molecule has 1 aromatic heterocycles. The highest BCUT2D eigenvalue weighted by atomic mass is 16.4. The summed E-state index contributed by atoms with van der Waals surface area (Å²) in [4.78, 5) is 27.0. The second-order valence-electron chi connectivity index (χ2n) is 5.08. The van der Waals surface area contributed by atoms with Crippen LogP contribution in [-0.2, 0) is 11.3 Å². The summed E-state index contributed by atoms with van der Waals surface area (Å²) in [7, 11) is 0. The molecule has 1 aromatic rings. The third kappa shape index (κ3) is 3.46. The number of hydrogen-bond donors (Lipinski definition) is 3. The second kappa shape index (κ2) is 6.36. The van der Waals surface area contributed by atoms with E-state index in [-0.39, 0.29) is 12.1 Å². The van der Waals surface area contributed by atoms with Gasteiger partial charge in [0.2, 0.25) is 0 Å². The molecule has 0 bridgehead atoms. The number of carboxylic acid groups (broad SMARTS) is 1. The normalized spacial score (nSPS) is 21.4. The van der Waals surface area contributed by atoms with Gasteiger partial charge in [-0.05, 0) is 31.4 Å². The van der Waals surface area contributed by atoms with Crippen LogP contribution in [0.5, 0.6) is 0 Å². The molecule has 2 unspecified atom stereocenters. The number of nitrogens with one attached hydrogen (secondary N) is 2. The Hall–Kier alpha value is -2.11. The zero-order valence-electron chi connectivity index (χ0n) is 11.4. The maximum atomic E-state index is 11.8. The number of carbonyl (C=O) groups is 2. The predicted molar refractivity (Wildman–Crippen MR) is 73.1 cm³/mol. The van der Waals surface area contributed by atoms with Gasteiger partial charge in [-0.15, -0.1) is 0 Å². The van der Waals surface area contributed by atoms with Crippen molar-refractivity contribution in [2.45, 2.75) is 38.8 Å². The van der Waals surface area contributed by atoms with Gasteiger partial charge in [-0.25, -0.2) is 4.79 Å². The third-order valence-corrected chi connectivity index (χ3v) is 3.68. The Kier molecular flexibility index (Phi) is 4.55. The minimum atomic E-state index is -0.839. The molecule has 2 atom stereocenters. The Balaban J connectivity index is 1.84. The average Bonchev–Trinajstić information content (AvgIpc) is 2.86. The Morgan fingerprint density at radius 1 is 1.45 bits per heavy atom. The van der Waals surface area contributed by atoms with E-state index in [4.69, 9.17) is 5.11 Å². The molecule has 0 aliphatic heterocycles. The Bertz CT molecular complexity index is 504. The zero-order valence-corrected chi connectivity index (χ0v) is 11.4. The van der Waals surface area contributed by atoms with E-state index in [0.717, 1.165) is 17.7 Å². The molecule has 6 nitrogen and oxygen atoms in total. The summed E-state index contributed by atoms with van der Waals surface area (Å²) in [6, 6.07) is 3.15. The number of hydrogen-bond acceptors (Lipinski definition) is 3. The number of nitrogens with zero attached hydrogens (tertiary/aromatic N) is 1. The van der Waals surface area contributed by atoms with Gasteiger partial charge in [0.25, 0.3) is 0 Å². The average molecular weight is 277 g/mol. The molecule has 3 N–H and O–H groups in total. The van der Waals surface area contributed by atoms with Gasteiger partial charge in [-0.3, -0.25) is 9.78 Å². The first-order valence-corrected chi connectivity index (χ1v) is 6.75. The number of aromatic nitrogens is 1. The molecule has 1 saturated carbocycles. The molecule has 2 rings (SSSR count). The minimum Gasteiger partial charge on any atom is -0.481 e. The monoisotopic (exact) mass is 277 g/mol. The molecule has 0 radical (unpaired) electrons. The van der Waals surface area contributed by atoms with Crippen molar-refractivity contribution in [1.82, 2.24) is 15.6 Å². The van der Waals surface area contributed by atoms with Crippen molar-refractivity contribution in [2.75, 3.05) is 0 Å². The van der Waals surface area contributed by atoms with E-state index in [1.54, 1.807) is 6.20 Å². The van der Waals surface area contributed by atoms with Gasteiger partial charge in [-0.1, -0.05) is 12.5 Å². The van der Waals surface area contributed by atoms with Crippen LogP contribution >= 0.6 is 0 Å². The van der Waals surface area contributed by atoms with Crippen LogP contribution < -0.4 is 10.6 Å². The Labute approximate surface area is 117 Å². The molecule has 1 aliphatic carbocycles. The number of carbonyl (C=O) groups excluding carboxylic acids is 1. The second-order valence-corrected chi connectivity index (χ2v) is 5.08. The van der Waals surface area contributed by atoms with Gasteiger partial charge in [0.1, 0.15) is 0 Å². The van der Waals surface area contributed by atoms with Crippen molar-refractivity contribution in [3.63, 3.8) is 0 Å². The maximum Gasteiger partial charge on any atom is 0.315 e. The molecule has 6 heteroatoms. The largest absolute Gasteiger partial charge is 0.481 e. The van der Waals surface area contributed by atoms with Gasteiger partial charge in [0, 0.05) is 12.2 Å². The molecule has 0 spiro atoms. The summed E-state index contributed by atoms with van der Waals surface area (Å²) in [5, 5.41) is 14.5. The van der Waals surface area contributed by atoms with E-state index in [1.807, 2.05) is 19.1 Å². The highest BCUT2D eigenvalue weighted by molar-refractivity contribution is 5.77. The summed E-state index contributed by atoms with van der Waals surface area (Å²) in [6.45, 7) is 2.27. The fraction of sp³-hybridized carbons (Fsp3) is 0.500. The zero-order chi connectivity index (χ0) is 14.5. The highest BCUT2D eigenvalue weighted by Crippen LogP contribution is 2.25. The molecule has 1 heterocycles. The van der Waals surface area contributed by atoms with Crippen molar-refractivity contribution in [2.24, 2.45) is 5.92 Å². The van der Waals surface area contributed by atoms with Crippen molar-refractivity contribution < 1.29 is 14.7 Å². The quantitative estimate of drug-likeness (QED) is 0.776. The molecular weight excluding hydrogens is 258 g/mol. The number of rotatable bonds is 4. The van der Waals surface area contributed by atoms with Crippen LogP contribution in [-0.4, -0.2) is 28.1 Å². The van der Waals surface area contributed by atoms with Gasteiger partial charge in [0.15, 0.2) is 0 Å². The smallest absolute Gasteiger partial charge is 0.315 e. The number of amides is 2. The van der Waals surface area contributed by atoms with E-state index in [2.05, 4.69) is 15.6 Å². The lowest BCUT2D eigenvalue weighted by Crippen LogP contribution is -2.45. The van der Waals surface area contributed by atoms with Gasteiger partial charge in [0.05, 0.1) is 18.2 Å². The Morgan fingerprint density at radius 3 is 2.95 bits per heavy atom. The summed E-state index contributed by atoms with van der Waals surface area (Å²) in [6.07, 6.45) is 3.85. The predicted octanol–water partition coefficient (Wildman–Crippen LogP) is 1.44. The summed E-state index contributed by atoms with van der Waals surface area (Å²) < 4.78 is 0. The van der Waals surface area contributed by atoms with Crippen molar-refractivity contribution >= 4 is 12.0 Å². The van der Waals surface area contributed by atoms with E-state index in [9.17, 15) is 9.59 Å². The van der Waals surface area contributed by atoms with Crippen LogP contribution in [0.25, 0.3) is 0 Å². The standard InChI is InChI=1S/C14H19N3O3/c1-9-4-3-7-15-12(9)8-16-14(20)17-11-6-2-5-10(11)13(18)19/h3-4,7,10-11H,2,5-6,8H2,1H3,(H,18,19)(H2,16,17,20). The molecule has 2 amide bonds. The van der Waals surface area contributed by atoms with Crippen LogP contribution in [0.2, 0.25) is 0 Å². The highest BCUT2D eigenvalue weighted by Gasteiger charge is 2.33. The fourth-order valence-electron chi connectivity index (χ4n) is 2.52. The molecule has 0 aromatic carbocycles. The molecule has 0 saturated heterocycles. The van der Waals surface area contributed by atoms with E-state index in [0.29, 0.717) is 19.4 Å². The molecule has 1 aliphatic rings. The maximum absolute atomic E-state index is 11.8. The Morgan fingerprint density at radius 2 is 2.25 bits per heavy atom. The number of pyridine rings is 1. The van der Waals surface area contributed by atoms with E-state index >= 15 is 0 Å². The van der Waals surface area contributed by atoms with Gasteiger partial charge < -0.3 is 15.7 Å². The van der Waals surface area contributed by atoms with Crippen LogP contribution in [0.3, 0.4) is 0 Å². The van der Waals surface area contributed by atoms with E-state index < -0.39 is 11.9 Å². The molecule has 108 valence electrons. The molecular formula is C14H19N3O3. The van der Waals surface area contributed by atoms with Crippen molar-refractivity contribution in [3.05, 3.63) is 29.6 Å². The number of aryl methyl sites for hydroxylation is 1. The number of carboxylic acids is 1. The lowest BCUT2D eigenvalue weighted by molar-refractivity contribution is -0.142. The number of urea groups is 1. The fourth-order valence-corrected chi connectivity index (χ4v) is 2.52. The summed E-state index contributed by atoms with van der Waals surface area (Å²) >= 11 is 0. The van der Waals surface area contributed by atoms with Crippen molar-refractivity contribution in [1.29, 1.82) is 0 Å². The summed E-state index contributed by atoms with van der Waals surface area (Å²) in [5.41, 5.74) is 1.82. The first-order chi connectivity index (χ1) is 9.58. The third-order valence-electron chi connectivity index (χ3n) is 3.68. The van der Waals surface area contributed by atoms with E-state index in [1.165, 1.54) is 0 Å². The van der Waals surface area contributed by atoms with Crippen LogP contribution in [0.4, 0.5) is 4.79 Å². The van der Waals surface area contributed by atoms with Crippen LogP contribution in [0, 0.1) is 12.8 Å². The lowest BCUT2D eigenvalue weighted by Gasteiger charge is -2.18. The number of aliphatic carboxylic acids is 1. The topological polar surface area (TPSA) is 91.3 Å². The molecule has 20 heavy (non-hydrogen) atoms. The summed E-state index contributed by atoms with van der Waals surface area (Å²) in [5.74, 6) is -1.31. The molecule has 1 fully saturated rings. The van der Waals surface area contributed by atoms with Gasteiger partial charge >= 0.3 is 12.0 Å². The SMILES string of the molecule is Cc1cccnc1CNC(=O)NC1CCCC1C(=O)O. The minimum absolute atomic E-state index is 0.280. The van der Waals surface area contributed by atoms with Crippen molar-refractivity contribution in [3.8, 4) is 0 Å². The first kappa shape index (κ1) is 14.3. The van der Waals surface area contributed by atoms with Crippen LogP contribution in [0.1, 0.15) is 30.5 Å². The lowest BCUT2D eigenvalue weighted by atomic mass is 10.0. The van der Waals surface area contributed by atoms with Gasteiger partial charge in [-0.2, -0.15) is 0 Å². The van der Waals surface area contributed by atoms with Crippen LogP contribution in [0.15, 0.2) is 18.3 Å². The first-order valence-electron chi connectivity index (χ1n) is 6.75.